The molecule has 2 aliphatic rings. The molecule has 2 saturated heterocycles. The summed E-state index contributed by atoms with van der Waals surface area (Å²) in [6.07, 6.45) is 5.19. The van der Waals surface area contributed by atoms with Crippen LogP contribution in [0.25, 0.3) is 22.6 Å². The highest BCUT2D eigenvalue weighted by atomic mass is 19.1. The molecular weight excluding hydrogens is 486 g/mol. The first kappa shape index (κ1) is 24.6. The number of likely N-dealkylation sites (tertiary alicyclic amines) is 2. The van der Waals surface area contributed by atoms with Crippen molar-refractivity contribution in [2.24, 2.45) is 0 Å². The van der Waals surface area contributed by atoms with Crippen LogP contribution in [0.1, 0.15) is 37.4 Å². The lowest BCUT2D eigenvalue weighted by atomic mass is 9.90. The number of carbonyl (C=O) groups is 1. The maximum Gasteiger partial charge on any atom is 0.260 e. The minimum Gasteiger partial charge on any atom is -0.340 e. The second-order valence-corrected chi connectivity index (χ2v) is 10.2. The fourth-order valence-corrected chi connectivity index (χ4v) is 5.73. The number of hydrogen-bond acceptors (Lipinski definition) is 5. The molecule has 2 fully saturated rings. The minimum atomic E-state index is -1.83. The zero-order valence-corrected chi connectivity index (χ0v) is 21.1. The Hall–Kier alpha value is -3.72. The van der Waals surface area contributed by atoms with Crippen molar-refractivity contribution in [2.75, 3.05) is 26.2 Å². The molecule has 4 aromatic rings. The van der Waals surface area contributed by atoms with Gasteiger partial charge >= 0.3 is 0 Å². The highest BCUT2D eigenvalue weighted by Gasteiger charge is 2.45. The average Bonchev–Trinajstić information content (AvgIpc) is 3.34. The fourth-order valence-electron chi connectivity index (χ4n) is 5.73. The van der Waals surface area contributed by atoms with Gasteiger partial charge < -0.3 is 9.47 Å². The Labute approximate surface area is 220 Å². The number of imidazole rings is 1. The number of pyridine rings is 2. The van der Waals surface area contributed by atoms with Gasteiger partial charge in [0.05, 0.1) is 16.7 Å². The third kappa shape index (κ3) is 4.78. The van der Waals surface area contributed by atoms with Gasteiger partial charge in [-0.3, -0.25) is 19.7 Å². The van der Waals surface area contributed by atoms with Gasteiger partial charge in [0, 0.05) is 70.1 Å². The lowest BCUT2D eigenvalue weighted by Gasteiger charge is -2.40. The van der Waals surface area contributed by atoms with Gasteiger partial charge in [0.1, 0.15) is 11.5 Å². The summed E-state index contributed by atoms with van der Waals surface area (Å²) in [5, 5.41) is 0. The second-order valence-electron chi connectivity index (χ2n) is 10.2. The molecule has 38 heavy (non-hydrogen) atoms. The molecule has 0 bridgehead atoms. The molecule has 0 aliphatic carbocycles. The van der Waals surface area contributed by atoms with Crippen molar-refractivity contribution < 1.29 is 13.6 Å². The Morgan fingerprint density at radius 2 is 1.68 bits per heavy atom. The van der Waals surface area contributed by atoms with Crippen LogP contribution in [0.15, 0.2) is 67.0 Å². The predicted octanol–water partition coefficient (Wildman–Crippen LogP) is 4.80. The third-order valence-corrected chi connectivity index (χ3v) is 7.81. The molecule has 0 unspecified atom stereocenters. The molecule has 196 valence electrons. The van der Waals surface area contributed by atoms with E-state index in [9.17, 15) is 9.18 Å². The number of piperidine rings is 2. The summed E-state index contributed by atoms with van der Waals surface area (Å²) >= 11 is 0. The van der Waals surface area contributed by atoms with Gasteiger partial charge in [0.15, 0.2) is 11.5 Å². The normalized spacial score (nSPS) is 18.6. The van der Waals surface area contributed by atoms with Gasteiger partial charge in [-0.15, -0.1) is 0 Å². The topological polar surface area (TPSA) is 67.2 Å². The molecule has 0 atom stereocenters. The summed E-state index contributed by atoms with van der Waals surface area (Å²) in [5.41, 5.74) is 1.24. The molecule has 5 heterocycles. The molecule has 7 nitrogen and oxygen atoms in total. The summed E-state index contributed by atoms with van der Waals surface area (Å²) in [4.78, 5) is 30.7. The molecule has 1 amide bonds. The Bertz CT molecular complexity index is 1410. The van der Waals surface area contributed by atoms with Gasteiger partial charge in [0.25, 0.3) is 5.91 Å². The van der Waals surface area contributed by atoms with Crippen LogP contribution in [0.4, 0.5) is 8.78 Å². The Balaban J connectivity index is 1.14. The molecule has 3 aromatic heterocycles. The first-order chi connectivity index (χ1) is 18.5. The predicted molar refractivity (Wildman–Crippen MR) is 140 cm³/mol. The molecule has 6 rings (SSSR count). The SMILES string of the molecule is O=C(N1CCC(n2c(-c3ccccn3)nc3cc(F)ccc32)CC1)C1(F)CCN(Cc2ccccn2)CC1. The van der Waals surface area contributed by atoms with Crippen LogP contribution in [0.3, 0.4) is 0 Å². The summed E-state index contributed by atoms with van der Waals surface area (Å²) in [5.74, 6) is -0.0522. The maximum atomic E-state index is 15.9. The highest BCUT2D eigenvalue weighted by molar-refractivity contribution is 5.85. The number of amides is 1. The quantitative estimate of drug-likeness (QED) is 0.381. The summed E-state index contributed by atoms with van der Waals surface area (Å²) < 4.78 is 31.9. The van der Waals surface area contributed by atoms with E-state index in [-0.39, 0.29) is 24.7 Å². The Morgan fingerprint density at radius 3 is 2.37 bits per heavy atom. The van der Waals surface area contributed by atoms with Crippen molar-refractivity contribution in [3.63, 3.8) is 0 Å². The number of alkyl halides is 1. The van der Waals surface area contributed by atoms with Crippen molar-refractivity contribution in [1.29, 1.82) is 0 Å². The van der Waals surface area contributed by atoms with Gasteiger partial charge in [-0.05, 0) is 49.2 Å². The van der Waals surface area contributed by atoms with E-state index in [0.29, 0.717) is 62.6 Å². The molecule has 0 spiro atoms. The van der Waals surface area contributed by atoms with Crippen molar-refractivity contribution >= 4 is 16.9 Å². The molecule has 1 aromatic carbocycles. The van der Waals surface area contributed by atoms with Crippen LogP contribution in [-0.4, -0.2) is 67.1 Å². The first-order valence-electron chi connectivity index (χ1n) is 13.2. The number of halogens is 2. The Kier molecular flexibility index (Phi) is 6.61. The van der Waals surface area contributed by atoms with Crippen LogP contribution < -0.4 is 0 Å². The highest BCUT2D eigenvalue weighted by Crippen LogP contribution is 2.35. The van der Waals surface area contributed by atoms with E-state index >= 15 is 4.39 Å². The maximum absolute atomic E-state index is 15.9. The van der Waals surface area contributed by atoms with Crippen molar-refractivity contribution in [1.82, 2.24) is 29.3 Å². The first-order valence-corrected chi connectivity index (χ1v) is 13.2. The number of benzene rings is 1. The van der Waals surface area contributed by atoms with Crippen molar-refractivity contribution in [2.45, 2.75) is 43.9 Å². The smallest absolute Gasteiger partial charge is 0.260 e. The molecule has 0 saturated carbocycles. The van der Waals surface area contributed by atoms with Crippen molar-refractivity contribution in [3.05, 3.63) is 78.5 Å². The lowest BCUT2D eigenvalue weighted by Crippen LogP contribution is -2.54. The molecule has 9 heteroatoms. The number of carbonyl (C=O) groups excluding carboxylic acids is 1. The van der Waals surface area contributed by atoms with Crippen LogP contribution in [-0.2, 0) is 11.3 Å². The van der Waals surface area contributed by atoms with Crippen LogP contribution >= 0.6 is 0 Å². The molecule has 0 radical (unpaired) electrons. The van der Waals surface area contributed by atoms with Gasteiger partial charge in [0.2, 0.25) is 0 Å². The second kappa shape index (κ2) is 10.2. The summed E-state index contributed by atoms with van der Waals surface area (Å²) in [6.45, 7) is 2.66. The van der Waals surface area contributed by atoms with Gasteiger partial charge in [-0.2, -0.15) is 0 Å². The monoisotopic (exact) mass is 516 g/mol. The lowest BCUT2D eigenvalue weighted by molar-refractivity contribution is -0.148. The zero-order chi connectivity index (χ0) is 26.1. The molecule has 0 N–H and O–H groups in total. The van der Waals surface area contributed by atoms with Gasteiger partial charge in [-0.1, -0.05) is 12.1 Å². The van der Waals surface area contributed by atoms with E-state index in [2.05, 4.69) is 19.4 Å². The van der Waals surface area contributed by atoms with Crippen LogP contribution in [0, 0.1) is 5.82 Å². The van der Waals surface area contributed by atoms with Gasteiger partial charge in [-0.25, -0.2) is 13.8 Å². The molecule has 2 aliphatic heterocycles. The summed E-state index contributed by atoms with van der Waals surface area (Å²) in [6, 6.07) is 16.1. The largest absolute Gasteiger partial charge is 0.340 e. The average molecular weight is 517 g/mol. The standard InChI is InChI=1S/C29H30F2N6O/c30-21-7-8-26-25(19-21)34-27(24-6-2-4-14-33-24)37(26)23-9-15-36(16-10-23)28(38)29(31)11-17-35(18-12-29)20-22-5-1-3-13-32-22/h1-8,13-14,19,23H,9-12,15-18,20H2. The van der Waals surface area contributed by atoms with E-state index in [4.69, 9.17) is 4.98 Å². The van der Waals surface area contributed by atoms with Crippen molar-refractivity contribution in [3.8, 4) is 11.5 Å². The molecular formula is C29H30F2N6O. The van der Waals surface area contributed by atoms with E-state index < -0.39 is 11.6 Å². The van der Waals surface area contributed by atoms with E-state index in [1.165, 1.54) is 12.1 Å². The van der Waals surface area contributed by atoms with Crippen LogP contribution in [0.5, 0.6) is 0 Å². The number of nitrogens with zero attached hydrogens (tertiary/aromatic N) is 6. The van der Waals surface area contributed by atoms with E-state index in [1.807, 2.05) is 36.4 Å². The summed E-state index contributed by atoms with van der Waals surface area (Å²) in [7, 11) is 0. The van der Waals surface area contributed by atoms with Crippen LogP contribution in [0.2, 0.25) is 0 Å². The number of fused-ring (bicyclic) bond motifs is 1. The number of hydrogen-bond donors (Lipinski definition) is 0. The third-order valence-electron chi connectivity index (χ3n) is 7.81. The zero-order valence-electron chi connectivity index (χ0n) is 21.1. The van der Waals surface area contributed by atoms with E-state index in [1.54, 1.807) is 23.4 Å². The number of rotatable bonds is 5. The van der Waals surface area contributed by atoms with E-state index in [0.717, 1.165) is 11.2 Å². The fraction of sp³-hybridized carbons (Fsp3) is 0.379. The Morgan fingerprint density at radius 1 is 0.947 bits per heavy atom. The number of aromatic nitrogens is 4. The minimum absolute atomic E-state index is 0.0438.